The fraction of sp³-hybridized carbons (Fsp3) is 0. The molecule has 0 bridgehead atoms. The predicted molar refractivity (Wildman–Crippen MR) is 35.2 cm³/mol. The Bertz CT molecular complexity index is 314. The van der Waals surface area contributed by atoms with Gasteiger partial charge in [-0.15, -0.1) is 0 Å². The lowest BCUT2D eigenvalue weighted by Gasteiger charge is -1.88. The lowest BCUT2D eigenvalue weighted by molar-refractivity contribution is 1.01. The van der Waals surface area contributed by atoms with Crippen LogP contribution in [-0.2, 0) is 0 Å². The van der Waals surface area contributed by atoms with Crippen molar-refractivity contribution in [1.29, 1.82) is 0 Å². The van der Waals surface area contributed by atoms with Gasteiger partial charge in [0.15, 0.2) is 11.6 Å². The van der Waals surface area contributed by atoms with Gasteiger partial charge in [-0.3, -0.25) is 5.10 Å². The Labute approximate surface area is 61.8 Å². The lowest BCUT2D eigenvalue weighted by Crippen LogP contribution is -1.90. The molecule has 0 saturated carbocycles. The standard InChI is InChI=1S/C5H4N6/c1-6-2-8-4(7-1)5-9-3-10-11-5/h1-3H,(H,9,10,11). The van der Waals surface area contributed by atoms with Crippen molar-refractivity contribution in [2.45, 2.75) is 0 Å². The second-order valence-corrected chi connectivity index (χ2v) is 1.80. The first-order chi connectivity index (χ1) is 5.47. The summed E-state index contributed by atoms with van der Waals surface area (Å²) in [5.41, 5.74) is 0. The van der Waals surface area contributed by atoms with Crippen LogP contribution in [0.4, 0.5) is 0 Å². The Hall–Kier alpha value is -1.85. The normalized spacial score (nSPS) is 9.82. The lowest BCUT2D eigenvalue weighted by atomic mass is 10.6. The first-order valence-corrected chi connectivity index (χ1v) is 2.94. The van der Waals surface area contributed by atoms with Crippen molar-refractivity contribution in [3.05, 3.63) is 19.0 Å². The minimum absolute atomic E-state index is 0.498. The minimum Gasteiger partial charge on any atom is -0.257 e. The highest BCUT2D eigenvalue weighted by Crippen LogP contribution is 2.01. The first kappa shape index (κ1) is 5.90. The number of aromatic amines is 1. The van der Waals surface area contributed by atoms with Crippen molar-refractivity contribution >= 4 is 0 Å². The zero-order chi connectivity index (χ0) is 7.52. The maximum Gasteiger partial charge on any atom is 0.200 e. The Kier molecular flexibility index (Phi) is 1.29. The molecule has 0 aliphatic rings. The van der Waals surface area contributed by atoms with Gasteiger partial charge < -0.3 is 0 Å². The van der Waals surface area contributed by atoms with Crippen LogP contribution in [0.5, 0.6) is 0 Å². The van der Waals surface area contributed by atoms with Gasteiger partial charge in [0.2, 0.25) is 0 Å². The molecular formula is C5H4N6. The summed E-state index contributed by atoms with van der Waals surface area (Å²) >= 11 is 0. The summed E-state index contributed by atoms with van der Waals surface area (Å²) in [6.07, 6.45) is 4.22. The van der Waals surface area contributed by atoms with Gasteiger partial charge in [0.1, 0.15) is 19.0 Å². The largest absolute Gasteiger partial charge is 0.257 e. The first-order valence-electron chi connectivity index (χ1n) is 2.94. The van der Waals surface area contributed by atoms with E-state index in [9.17, 15) is 0 Å². The van der Waals surface area contributed by atoms with Gasteiger partial charge in [-0.05, 0) is 0 Å². The summed E-state index contributed by atoms with van der Waals surface area (Å²) in [7, 11) is 0. The molecule has 0 unspecified atom stereocenters. The number of nitrogens with one attached hydrogen (secondary N) is 1. The molecular weight excluding hydrogens is 144 g/mol. The summed E-state index contributed by atoms with van der Waals surface area (Å²) in [6.45, 7) is 0. The van der Waals surface area contributed by atoms with E-state index in [0.29, 0.717) is 11.6 Å². The highest BCUT2D eigenvalue weighted by atomic mass is 15.2. The van der Waals surface area contributed by atoms with Crippen LogP contribution in [0.15, 0.2) is 19.0 Å². The summed E-state index contributed by atoms with van der Waals surface area (Å²) in [4.78, 5) is 15.3. The smallest absolute Gasteiger partial charge is 0.200 e. The second kappa shape index (κ2) is 2.41. The molecule has 0 aliphatic carbocycles. The van der Waals surface area contributed by atoms with E-state index >= 15 is 0 Å². The molecule has 6 heteroatoms. The summed E-state index contributed by atoms with van der Waals surface area (Å²) in [6, 6.07) is 0. The molecule has 6 nitrogen and oxygen atoms in total. The van der Waals surface area contributed by atoms with Gasteiger partial charge in [0.25, 0.3) is 0 Å². The van der Waals surface area contributed by atoms with Crippen molar-refractivity contribution in [2.24, 2.45) is 0 Å². The summed E-state index contributed by atoms with van der Waals surface area (Å²) < 4.78 is 0. The molecule has 0 aromatic carbocycles. The van der Waals surface area contributed by atoms with E-state index in [-0.39, 0.29) is 0 Å². The van der Waals surface area contributed by atoms with E-state index in [1.165, 1.54) is 19.0 Å². The summed E-state index contributed by atoms with van der Waals surface area (Å²) in [5, 5.41) is 6.30. The number of hydrogen-bond donors (Lipinski definition) is 1. The third-order valence-electron chi connectivity index (χ3n) is 1.12. The molecule has 2 aromatic rings. The van der Waals surface area contributed by atoms with Crippen LogP contribution in [-0.4, -0.2) is 30.1 Å². The van der Waals surface area contributed by atoms with Gasteiger partial charge in [-0.2, -0.15) is 5.10 Å². The van der Waals surface area contributed by atoms with Gasteiger partial charge in [-0.1, -0.05) is 0 Å². The third-order valence-corrected chi connectivity index (χ3v) is 1.12. The molecule has 0 aliphatic heterocycles. The minimum atomic E-state index is 0.498. The quantitative estimate of drug-likeness (QED) is 0.598. The van der Waals surface area contributed by atoms with Gasteiger partial charge in [-0.25, -0.2) is 19.9 Å². The topological polar surface area (TPSA) is 80.2 Å². The maximum absolute atomic E-state index is 3.87. The van der Waals surface area contributed by atoms with Crippen molar-refractivity contribution in [2.75, 3.05) is 0 Å². The van der Waals surface area contributed by atoms with E-state index in [0.717, 1.165) is 0 Å². The fourth-order valence-corrected chi connectivity index (χ4v) is 0.675. The highest BCUT2D eigenvalue weighted by Gasteiger charge is 2.00. The number of hydrogen-bond acceptors (Lipinski definition) is 5. The Morgan fingerprint density at radius 1 is 1.00 bits per heavy atom. The molecule has 2 heterocycles. The second-order valence-electron chi connectivity index (χ2n) is 1.80. The van der Waals surface area contributed by atoms with Crippen molar-refractivity contribution in [1.82, 2.24) is 30.1 Å². The van der Waals surface area contributed by atoms with Crippen LogP contribution < -0.4 is 0 Å². The molecule has 0 fully saturated rings. The predicted octanol–water partition coefficient (Wildman–Crippen LogP) is -0.343. The van der Waals surface area contributed by atoms with E-state index < -0.39 is 0 Å². The van der Waals surface area contributed by atoms with E-state index in [1.807, 2.05) is 0 Å². The Morgan fingerprint density at radius 3 is 2.45 bits per heavy atom. The number of rotatable bonds is 1. The third kappa shape index (κ3) is 1.05. The SMILES string of the molecule is c1ncnc(-c2ncn[nH]2)n1. The van der Waals surface area contributed by atoms with Crippen molar-refractivity contribution in [3.63, 3.8) is 0 Å². The van der Waals surface area contributed by atoms with Gasteiger partial charge >= 0.3 is 0 Å². The average molecular weight is 148 g/mol. The molecule has 1 N–H and O–H groups in total. The highest BCUT2D eigenvalue weighted by molar-refractivity contribution is 5.39. The monoisotopic (exact) mass is 148 g/mol. The fourth-order valence-electron chi connectivity index (χ4n) is 0.675. The molecule has 2 rings (SSSR count). The van der Waals surface area contributed by atoms with Crippen LogP contribution in [0.25, 0.3) is 11.6 Å². The van der Waals surface area contributed by atoms with Crippen LogP contribution in [0.2, 0.25) is 0 Å². The molecule has 11 heavy (non-hydrogen) atoms. The number of H-pyrrole nitrogens is 1. The Morgan fingerprint density at radius 2 is 1.82 bits per heavy atom. The molecule has 0 atom stereocenters. The molecule has 0 amide bonds. The molecule has 0 saturated heterocycles. The number of aromatic nitrogens is 6. The zero-order valence-electron chi connectivity index (χ0n) is 5.47. The average Bonchev–Trinajstić information content (AvgIpc) is 2.58. The van der Waals surface area contributed by atoms with Gasteiger partial charge in [0, 0.05) is 0 Å². The molecule has 0 radical (unpaired) electrons. The van der Waals surface area contributed by atoms with E-state index in [2.05, 4.69) is 30.1 Å². The molecule has 54 valence electrons. The zero-order valence-corrected chi connectivity index (χ0v) is 5.47. The van der Waals surface area contributed by atoms with E-state index in [4.69, 9.17) is 0 Å². The maximum atomic E-state index is 3.87. The van der Waals surface area contributed by atoms with Crippen LogP contribution in [0.1, 0.15) is 0 Å². The van der Waals surface area contributed by atoms with Gasteiger partial charge in [0.05, 0.1) is 0 Å². The van der Waals surface area contributed by atoms with Crippen LogP contribution in [0.3, 0.4) is 0 Å². The van der Waals surface area contributed by atoms with Crippen LogP contribution in [0, 0.1) is 0 Å². The van der Waals surface area contributed by atoms with Crippen LogP contribution >= 0.6 is 0 Å². The Balaban J connectivity index is 2.46. The molecule has 2 aromatic heterocycles. The molecule has 0 spiro atoms. The van der Waals surface area contributed by atoms with E-state index in [1.54, 1.807) is 0 Å². The van der Waals surface area contributed by atoms with Crippen molar-refractivity contribution in [3.8, 4) is 11.6 Å². The summed E-state index contributed by atoms with van der Waals surface area (Å²) in [5.74, 6) is 1.05. The number of nitrogens with zero attached hydrogens (tertiary/aromatic N) is 5. The van der Waals surface area contributed by atoms with Crippen molar-refractivity contribution < 1.29 is 0 Å².